The molecular weight excluding hydrogens is 260 g/mol. The predicted molar refractivity (Wildman–Crippen MR) is 77.1 cm³/mol. The van der Waals surface area contributed by atoms with E-state index < -0.39 is 0 Å². The van der Waals surface area contributed by atoms with Gasteiger partial charge >= 0.3 is 0 Å². The number of hydrogen-bond acceptors (Lipinski definition) is 5. The Labute approximate surface area is 119 Å². The molecule has 1 rings (SSSR count). The quantitative estimate of drug-likeness (QED) is 0.523. The van der Waals surface area contributed by atoms with Crippen molar-refractivity contribution < 1.29 is 19.0 Å². The van der Waals surface area contributed by atoms with Crippen LogP contribution in [0.25, 0.3) is 0 Å². The van der Waals surface area contributed by atoms with Crippen LogP contribution in [0.15, 0.2) is 18.2 Å². The summed E-state index contributed by atoms with van der Waals surface area (Å²) >= 11 is 0. The highest BCUT2D eigenvalue weighted by atomic mass is 16.5. The number of ether oxygens (including phenoxy) is 3. The van der Waals surface area contributed by atoms with Crippen LogP contribution in [-0.4, -0.2) is 46.5 Å². The maximum absolute atomic E-state index is 11.7. The van der Waals surface area contributed by atoms with Gasteiger partial charge in [-0.15, -0.1) is 0 Å². The first-order valence-corrected chi connectivity index (χ1v) is 6.50. The molecule has 0 heterocycles. The third-order valence-electron chi connectivity index (χ3n) is 2.60. The Kier molecular flexibility index (Phi) is 7.46. The van der Waals surface area contributed by atoms with Gasteiger partial charge in [-0.25, -0.2) is 0 Å². The summed E-state index contributed by atoms with van der Waals surface area (Å²) in [7, 11) is 3.23. The second-order valence-corrected chi connectivity index (χ2v) is 4.14. The van der Waals surface area contributed by atoms with Crippen LogP contribution in [-0.2, 0) is 9.47 Å². The molecule has 0 aliphatic carbocycles. The maximum atomic E-state index is 11.7. The molecule has 0 radical (unpaired) electrons. The number of nitrogens with two attached hydrogens (primary N) is 1. The van der Waals surface area contributed by atoms with Crippen LogP contribution in [0.4, 0.5) is 5.69 Å². The van der Waals surface area contributed by atoms with Crippen molar-refractivity contribution in [3.63, 3.8) is 0 Å². The van der Waals surface area contributed by atoms with Crippen molar-refractivity contribution in [2.45, 2.75) is 6.42 Å². The fourth-order valence-electron chi connectivity index (χ4n) is 1.60. The Morgan fingerprint density at radius 1 is 1.25 bits per heavy atom. The monoisotopic (exact) mass is 282 g/mol. The van der Waals surface area contributed by atoms with Crippen molar-refractivity contribution >= 4 is 11.6 Å². The summed E-state index contributed by atoms with van der Waals surface area (Å²) in [5.74, 6) is 0.255. The Hall–Kier alpha value is -1.79. The standard InChI is InChI=1S/C14H22N2O4/c1-16-14(17)12-5-4-11(15)10-13(12)20-9-8-19-7-3-6-18-2/h4-5,10H,3,6-9,15H2,1-2H3,(H,16,17). The van der Waals surface area contributed by atoms with Crippen LogP contribution in [0.2, 0.25) is 0 Å². The normalized spacial score (nSPS) is 10.3. The summed E-state index contributed by atoms with van der Waals surface area (Å²) in [6.07, 6.45) is 0.846. The predicted octanol–water partition coefficient (Wildman–Crippen LogP) is 1.06. The number of hydrogen-bond donors (Lipinski definition) is 2. The Morgan fingerprint density at radius 3 is 2.75 bits per heavy atom. The number of rotatable bonds is 9. The van der Waals surface area contributed by atoms with Crippen LogP contribution >= 0.6 is 0 Å². The van der Waals surface area contributed by atoms with E-state index in [-0.39, 0.29) is 5.91 Å². The number of anilines is 1. The van der Waals surface area contributed by atoms with Crippen LogP contribution in [0, 0.1) is 0 Å². The molecule has 0 bridgehead atoms. The molecule has 1 aromatic carbocycles. The van der Waals surface area contributed by atoms with Gasteiger partial charge in [-0.2, -0.15) is 0 Å². The van der Waals surface area contributed by atoms with Gasteiger partial charge in [0, 0.05) is 39.1 Å². The highest BCUT2D eigenvalue weighted by molar-refractivity contribution is 5.97. The molecule has 1 amide bonds. The molecule has 0 aliphatic rings. The molecule has 112 valence electrons. The lowest BCUT2D eigenvalue weighted by Crippen LogP contribution is -2.19. The van der Waals surface area contributed by atoms with Crippen molar-refractivity contribution in [3.05, 3.63) is 23.8 Å². The molecule has 6 nitrogen and oxygen atoms in total. The molecule has 0 saturated carbocycles. The van der Waals surface area contributed by atoms with E-state index in [0.29, 0.717) is 43.4 Å². The zero-order chi connectivity index (χ0) is 14.8. The number of benzene rings is 1. The van der Waals surface area contributed by atoms with E-state index in [1.165, 1.54) is 0 Å². The fourth-order valence-corrected chi connectivity index (χ4v) is 1.60. The highest BCUT2D eigenvalue weighted by Crippen LogP contribution is 2.21. The first-order chi connectivity index (χ1) is 9.69. The minimum atomic E-state index is -0.207. The Balaban J connectivity index is 2.42. The van der Waals surface area contributed by atoms with Gasteiger partial charge in [-0.3, -0.25) is 4.79 Å². The number of carbonyl (C=O) groups excluding carboxylic acids is 1. The first-order valence-electron chi connectivity index (χ1n) is 6.50. The van der Waals surface area contributed by atoms with Gasteiger partial charge in [0.25, 0.3) is 5.91 Å². The second-order valence-electron chi connectivity index (χ2n) is 4.14. The number of nitrogen functional groups attached to an aromatic ring is 1. The lowest BCUT2D eigenvalue weighted by atomic mass is 10.1. The van der Waals surface area contributed by atoms with Gasteiger partial charge in [0.05, 0.1) is 12.2 Å². The summed E-state index contributed by atoms with van der Waals surface area (Å²) in [6.45, 7) is 2.11. The number of amides is 1. The molecule has 0 aliphatic heterocycles. The van der Waals surface area contributed by atoms with Gasteiger partial charge in [-0.1, -0.05) is 0 Å². The lowest BCUT2D eigenvalue weighted by Gasteiger charge is -2.11. The molecule has 1 aromatic rings. The van der Waals surface area contributed by atoms with Crippen LogP contribution in [0.5, 0.6) is 5.75 Å². The second kappa shape index (κ2) is 9.17. The van der Waals surface area contributed by atoms with E-state index in [1.54, 1.807) is 32.4 Å². The minimum Gasteiger partial charge on any atom is -0.490 e. The van der Waals surface area contributed by atoms with Gasteiger partial charge < -0.3 is 25.3 Å². The smallest absolute Gasteiger partial charge is 0.254 e. The lowest BCUT2D eigenvalue weighted by molar-refractivity contribution is 0.0796. The maximum Gasteiger partial charge on any atom is 0.254 e. The zero-order valence-electron chi connectivity index (χ0n) is 12.0. The van der Waals surface area contributed by atoms with Crippen molar-refractivity contribution in [2.24, 2.45) is 0 Å². The highest BCUT2D eigenvalue weighted by Gasteiger charge is 2.11. The van der Waals surface area contributed by atoms with E-state index in [4.69, 9.17) is 19.9 Å². The SMILES string of the molecule is CNC(=O)c1ccc(N)cc1OCCOCCCOC. The largest absolute Gasteiger partial charge is 0.490 e. The average Bonchev–Trinajstić information content (AvgIpc) is 2.45. The van der Waals surface area contributed by atoms with Crippen LogP contribution < -0.4 is 15.8 Å². The number of carbonyl (C=O) groups is 1. The van der Waals surface area contributed by atoms with E-state index in [0.717, 1.165) is 6.42 Å². The van der Waals surface area contributed by atoms with E-state index in [1.807, 2.05) is 0 Å². The molecule has 0 fully saturated rings. The zero-order valence-corrected chi connectivity index (χ0v) is 12.0. The molecule has 0 unspecified atom stereocenters. The number of nitrogens with one attached hydrogen (secondary N) is 1. The van der Waals surface area contributed by atoms with Gasteiger partial charge in [0.1, 0.15) is 12.4 Å². The van der Waals surface area contributed by atoms with E-state index in [2.05, 4.69) is 5.32 Å². The molecular formula is C14H22N2O4. The number of methoxy groups -OCH3 is 1. The molecule has 0 spiro atoms. The van der Waals surface area contributed by atoms with Gasteiger partial charge in [0.15, 0.2) is 0 Å². The van der Waals surface area contributed by atoms with Crippen molar-refractivity contribution in [3.8, 4) is 5.75 Å². The third-order valence-corrected chi connectivity index (χ3v) is 2.60. The molecule has 6 heteroatoms. The molecule has 3 N–H and O–H groups in total. The minimum absolute atomic E-state index is 0.207. The topological polar surface area (TPSA) is 82.8 Å². The van der Waals surface area contributed by atoms with Gasteiger partial charge in [0.2, 0.25) is 0 Å². The third kappa shape index (κ3) is 5.46. The summed E-state index contributed by atoms with van der Waals surface area (Å²) in [5.41, 5.74) is 6.71. The average molecular weight is 282 g/mol. The Bertz CT molecular complexity index is 424. The van der Waals surface area contributed by atoms with E-state index >= 15 is 0 Å². The van der Waals surface area contributed by atoms with Crippen molar-refractivity contribution in [2.75, 3.05) is 46.3 Å². The first kappa shape index (κ1) is 16.3. The summed E-state index contributed by atoms with van der Waals surface area (Å²) < 4.78 is 15.8. The van der Waals surface area contributed by atoms with Gasteiger partial charge in [-0.05, 0) is 18.6 Å². The molecule has 0 saturated heterocycles. The van der Waals surface area contributed by atoms with Crippen molar-refractivity contribution in [1.82, 2.24) is 5.32 Å². The summed E-state index contributed by atoms with van der Waals surface area (Å²) in [5, 5.41) is 2.56. The van der Waals surface area contributed by atoms with Crippen molar-refractivity contribution in [1.29, 1.82) is 0 Å². The fraction of sp³-hybridized carbons (Fsp3) is 0.500. The van der Waals surface area contributed by atoms with E-state index in [9.17, 15) is 4.79 Å². The summed E-state index contributed by atoms with van der Waals surface area (Å²) in [4.78, 5) is 11.7. The molecule has 0 aromatic heterocycles. The van der Waals surface area contributed by atoms with Crippen LogP contribution in [0.1, 0.15) is 16.8 Å². The van der Waals surface area contributed by atoms with Crippen LogP contribution in [0.3, 0.4) is 0 Å². The Morgan fingerprint density at radius 2 is 2.05 bits per heavy atom. The molecule has 0 atom stereocenters. The summed E-state index contributed by atoms with van der Waals surface area (Å²) in [6, 6.07) is 4.94. The molecule has 20 heavy (non-hydrogen) atoms.